The summed E-state index contributed by atoms with van der Waals surface area (Å²) < 4.78 is 41.4. The van der Waals surface area contributed by atoms with E-state index in [1.807, 2.05) is 60.7 Å². The van der Waals surface area contributed by atoms with Crippen molar-refractivity contribution in [2.45, 2.75) is 99.8 Å². The summed E-state index contributed by atoms with van der Waals surface area (Å²) in [6, 6.07) is 25.5. The molecule has 12 nitrogen and oxygen atoms in total. The minimum Gasteiger partial charge on any atom is -0.490 e. The van der Waals surface area contributed by atoms with Crippen molar-refractivity contribution < 1.29 is 48.3 Å². The summed E-state index contributed by atoms with van der Waals surface area (Å²) in [7, 11) is 0. The van der Waals surface area contributed by atoms with Gasteiger partial charge in [0.05, 0.1) is 34.8 Å². The van der Waals surface area contributed by atoms with Crippen LogP contribution >= 0.6 is 0 Å². The Hall–Kier alpha value is -4.96. The van der Waals surface area contributed by atoms with E-state index in [1.54, 1.807) is 12.1 Å². The number of rotatable bonds is 10. The predicted octanol–water partition coefficient (Wildman–Crippen LogP) is 6.08. The van der Waals surface area contributed by atoms with Crippen LogP contribution < -0.4 is 20.1 Å². The van der Waals surface area contributed by atoms with Crippen LogP contribution in [0.3, 0.4) is 0 Å². The molecule has 64 heavy (non-hydrogen) atoms. The molecule has 4 aromatic carbocycles. The monoisotopic (exact) mass is 880 g/mol. The van der Waals surface area contributed by atoms with Gasteiger partial charge >= 0.3 is 0 Å². The Balaban J connectivity index is 0.000000162. The summed E-state index contributed by atoms with van der Waals surface area (Å²) in [6.07, 6.45) is 4.13. The number of fused-ring (bicyclic) bond motifs is 4. The lowest BCUT2D eigenvalue weighted by Crippen LogP contribution is -2.36. The Morgan fingerprint density at radius 1 is 0.625 bits per heavy atom. The number of likely N-dealkylation sites (tertiary alicyclic amines) is 2. The van der Waals surface area contributed by atoms with E-state index in [2.05, 4.69) is 20.4 Å². The van der Waals surface area contributed by atoms with Gasteiger partial charge < -0.3 is 40.5 Å². The Morgan fingerprint density at radius 3 is 1.42 bits per heavy atom. The molecule has 2 saturated heterocycles. The van der Waals surface area contributed by atoms with Crippen LogP contribution in [0.2, 0.25) is 0 Å². The number of hydrogen-bond acceptors (Lipinski definition) is 10. The minimum atomic E-state index is -0.868. The fourth-order valence-corrected chi connectivity index (χ4v) is 11.0. The summed E-state index contributed by atoms with van der Waals surface area (Å²) in [5.41, 5.74) is 1.27. The van der Waals surface area contributed by atoms with Crippen molar-refractivity contribution in [2.75, 3.05) is 49.9 Å². The van der Waals surface area contributed by atoms with Crippen LogP contribution in [0.25, 0.3) is 0 Å². The number of para-hydroxylation sites is 2. The van der Waals surface area contributed by atoms with E-state index in [-0.39, 0.29) is 47.2 Å². The Labute approximate surface area is 372 Å². The van der Waals surface area contributed by atoms with Crippen molar-refractivity contribution in [3.8, 4) is 11.5 Å². The van der Waals surface area contributed by atoms with Crippen LogP contribution in [0.15, 0.2) is 84.9 Å². The molecule has 2 amide bonds. The van der Waals surface area contributed by atoms with Gasteiger partial charge in [0.15, 0.2) is 0 Å². The molecule has 4 heterocycles. The number of amides is 2. The first-order chi connectivity index (χ1) is 30.8. The Morgan fingerprint density at radius 2 is 1.03 bits per heavy atom. The van der Waals surface area contributed by atoms with Crippen molar-refractivity contribution >= 4 is 23.2 Å². The summed E-state index contributed by atoms with van der Waals surface area (Å²) in [5.74, 6) is 0.424. The van der Waals surface area contributed by atoms with Crippen LogP contribution in [0.1, 0.15) is 85.8 Å². The Bertz CT molecular complexity index is 2160. The van der Waals surface area contributed by atoms with Gasteiger partial charge in [-0.1, -0.05) is 48.5 Å². The molecule has 2 unspecified atom stereocenters. The highest BCUT2D eigenvalue weighted by Crippen LogP contribution is 2.45. The average Bonchev–Trinajstić information content (AvgIpc) is 3.81. The van der Waals surface area contributed by atoms with Gasteiger partial charge in [-0.05, 0) is 97.2 Å². The minimum absolute atomic E-state index is 0.0200. The lowest BCUT2D eigenvalue weighted by molar-refractivity contribution is -0.117. The third-order valence-electron chi connectivity index (χ3n) is 14.1. The first-order valence-corrected chi connectivity index (χ1v) is 22.7. The maximum absolute atomic E-state index is 14.6. The molecular weight excluding hydrogens is 823 g/mol. The van der Waals surface area contributed by atoms with E-state index < -0.39 is 35.0 Å². The number of hydrogen-bond donors (Lipinski definition) is 6. The highest BCUT2D eigenvalue weighted by molar-refractivity contribution is 5.93. The van der Waals surface area contributed by atoms with Crippen LogP contribution in [0.5, 0.6) is 11.5 Å². The molecule has 6 N–H and O–H groups in total. The smallest absolute Gasteiger partial charge is 0.224 e. The van der Waals surface area contributed by atoms with Crippen LogP contribution in [0.4, 0.5) is 20.2 Å². The van der Waals surface area contributed by atoms with Crippen molar-refractivity contribution in [3.05, 3.63) is 119 Å². The van der Waals surface area contributed by atoms with E-state index in [9.17, 15) is 38.8 Å². The third kappa shape index (κ3) is 9.82. The van der Waals surface area contributed by atoms with E-state index in [0.29, 0.717) is 102 Å². The number of ether oxygens (including phenoxy) is 2. The molecule has 2 saturated carbocycles. The van der Waals surface area contributed by atoms with Gasteiger partial charge in [-0.2, -0.15) is 0 Å². The zero-order valence-electron chi connectivity index (χ0n) is 35.9. The number of aliphatic hydroxyl groups excluding tert-OH is 2. The number of aryl methyl sites for hydroxylation is 2. The molecule has 0 aromatic heterocycles. The van der Waals surface area contributed by atoms with Gasteiger partial charge in [-0.15, -0.1) is 0 Å². The van der Waals surface area contributed by atoms with Gasteiger partial charge in [0.2, 0.25) is 11.8 Å². The second-order valence-corrected chi connectivity index (χ2v) is 18.9. The number of benzene rings is 4. The van der Waals surface area contributed by atoms with Crippen LogP contribution in [-0.2, 0) is 22.4 Å². The molecular formula is C50H58F2N4O8. The van der Waals surface area contributed by atoms with E-state index >= 15 is 0 Å². The largest absolute Gasteiger partial charge is 0.490 e. The lowest BCUT2D eigenvalue weighted by atomic mass is 9.95. The maximum atomic E-state index is 14.6. The number of nitrogens with one attached hydrogen (secondary N) is 2. The molecule has 0 radical (unpaired) electrons. The topological polar surface area (TPSA) is 164 Å². The predicted molar refractivity (Wildman–Crippen MR) is 236 cm³/mol. The SMILES string of the molecule is O=C1CCCc2cc(C(O)CN3C[C@H]4C[C@H](Oc5ccccc5)C[C@@]4(O)C3)cc(F)c2N1.O=C1CCCc2cc(C(O)CN3C[C@H]4C[C@H](Oc5ccccc5)C[C@@]4(O)C3)cc(F)c2N1. The number of aliphatic hydroxyl groups is 4. The van der Waals surface area contributed by atoms with E-state index in [4.69, 9.17) is 9.47 Å². The molecule has 2 aliphatic carbocycles. The number of carbonyl (C=O) groups is 2. The van der Waals surface area contributed by atoms with Crippen LogP contribution in [-0.4, -0.2) is 105 Å². The molecule has 6 aliphatic rings. The molecule has 8 atom stereocenters. The van der Waals surface area contributed by atoms with Crippen molar-refractivity contribution in [1.29, 1.82) is 0 Å². The molecule has 14 heteroatoms. The molecule has 340 valence electrons. The summed E-state index contributed by atoms with van der Waals surface area (Å²) in [4.78, 5) is 27.6. The van der Waals surface area contributed by atoms with Gasteiger partial charge in [-0.3, -0.25) is 19.4 Å². The molecule has 10 rings (SSSR count). The van der Waals surface area contributed by atoms with Crippen LogP contribution in [0, 0.1) is 23.5 Å². The van der Waals surface area contributed by atoms with Gasteiger partial charge in [0.1, 0.15) is 35.3 Å². The van der Waals surface area contributed by atoms with Crippen molar-refractivity contribution in [1.82, 2.24) is 9.80 Å². The quantitative estimate of drug-likeness (QED) is 0.110. The zero-order valence-corrected chi connectivity index (χ0v) is 35.9. The average molecular weight is 881 g/mol. The number of halogens is 2. The first kappa shape index (κ1) is 44.3. The number of nitrogens with zero attached hydrogens (tertiary/aromatic N) is 2. The third-order valence-corrected chi connectivity index (χ3v) is 14.1. The normalized spacial score (nSPS) is 28.5. The summed E-state index contributed by atoms with van der Waals surface area (Å²) in [5, 5.41) is 49.3. The molecule has 0 bridgehead atoms. The van der Waals surface area contributed by atoms with Gasteiger partial charge in [0.25, 0.3) is 0 Å². The van der Waals surface area contributed by atoms with Gasteiger partial charge in [-0.25, -0.2) is 8.78 Å². The fraction of sp³-hybridized carbons (Fsp3) is 0.480. The highest BCUT2D eigenvalue weighted by atomic mass is 19.1. The fourth-order valence-electron chi connectivity index (χ4n) is 11.0. The number of carbonyl (C=O) groups excluding carboxylic acids is 2. The molecule has 4 fully saturated rings. The second kappa shape index (κ2) is 18.5. The molecule has 4 aliphatic heterocycles. The van der Waals surface area contributed by atoms with Gasteiger partial charge in [0, 0.05) is 76.8 Å². The standard InChI is InChI=1S/2C25H29FN2O4/c2*26-21-10-17(9-16-5-4-8-23(30)27-24(16)21)22(29)14-28-13-18-11-20(12-25(18,31)15-28)32-19-6-2-1-3-7-19/h2*1-3,6-7,9-10,18,20,22,29,31H,4-5,8,11-15H2,(H,27,30)/t2*18-,20+,22?,25-/m11/s1. The first-order valence-electron chi connectivity index (χ1n) is 22.7. The van der Waals surface area contributed by atoms with E-state index in [1.165, 1.54) is 12.1 Å². The number of β-amino-alcohol motifs (C(OH)–C–C–N with tert-alkyl or cyclic N) is 4. The summed E-state index contributed by atoms with van der Waals surface area (Å²) in [6.45, 7) is 2.93. The lowest BCUT2D eigenvalue weighted by Gasteiger charge is -2.25. The molecule has 0 spiro atoms. The Kier molecular flexibility index (Phi) is 12.8. The van der Waals surface area contributed by atoms with E-state index in [0.717, 1.165) is 35.5 Å². The highest BCUT2D eigenvalue weighted by Gasteiger charge is 2.54. The van der Waals surface area contributed by atoms with Crippen molar-refractivity contribution in [2.24, 2.45) is 11.8 Å². The zero-order chi connectivity index (χ0) is 44.6. The number of anilines is 2. The van der Waals surface area contributed by atoms with Crippen molar-refractivity contribution in [3.63, 3.8) is 0 Å². The second-order valence-electron chi connectivity index (χ2n) is 18.9. The maximum Gasteiger partial charge on any atom is 0.224 e. The molecule has 4 aromatic rings. The summed E-state index contributed by atoms with van der Waals surface area (Å²) >= 11 is 0.